The molecule has 0 spiro atoms. The molecule has 0 unspecified atom stereocenters. The van der Waals surface area contributed by atoms with Crippen LogP contribution in [0.2, 0.25) is 0 Å². The SMILES string of the molecule is C=NC[N+]1(S(C)(=O)=O)CCN(S(C)(=O)=O)CC1. The maximum atomic E-state index is 11.8. The predicted molar refractivity (Wildman–Crippen MR) is 65.7 cm³/mol. The van der Waals surface area contributed by atoms with Gasteiger partial charge in [0.05, 0.1) is 25.6 Å². The van der Waals surface area contributed by atoms with Gasteiger partial charge in [-0.15, -0.1) is 0 Å². The molecular formula is C8H18N3O4S2+. The van der Waals surface area contributed by atoms with Crippen LogP contribution in [0.4, 0.5) is 0 Å². The molecule has 0 N–H and O–H groups in total. The van der Waals surface area contributed by atoms with Gasteiger partial charge in [0.25, 0.3) is 10.0 Å². The first kappa shape index (κ1) is 14.6. The molecule has 0 aromatic carbocycles. The van der Waals surface area contributed by atoms with Crippen molar-refractivity contribution in [2.75, 3.05) is 45.4 Å². The first-order valence-electron chi connectivity index (χ1n) is 5.06. The summed E-state index contributed by atoms with van der Waals surface area (Å²) in [7, 11) is -6.59. The molecule has 7 nitrogen and oxygen atoms in total. The molecule has 0 amide bonds. The van der Waals surface area contributed by atoms with Crippen molar-refractivity contribution in [2.24, 2.45) is 4.99 Å². The van der Waals surface area contributed by atoms with E-state index in [0.717, 1.165) is 12.5 Å². The highest BCUT2D eigenvalue weighted by molar-refractivity contribution is 7.88. The number of piperazine rings is 1. The minimum atomic E-state index is -3.34. The quantitative estimate of drug-likeness (QED) is 0.474. The molecule has 0 aliphatic carbocycles. The minimum Gasteiger partial charge on any atom is -0.245 e. The van der Waals surface area contributed by atoms with Gasteiger partial charge in [0.15, 0.2) is 6.67 Å². The molecule has 1 aliphatic heterocycles. The smallest absolute Gasteiger partial charge is 0.245 e. The van der Waals surface area contributed by atoms with E-state index in [-0.39, 0.29) is 36.7 Å². The zero-order valence-electron chi connectivity index (χ0n) is 10.0. The average molecular weight is 284 g/mol. The first-order valence-corrected chi connectivity index (χ1v) is 8.76. The molecule has 1 saturated heterocycles. The Balaban J connectivity index is 2.93. The second kappa shape index (κ2) is 4.63. The summed E-state index contributed by atoms with van der Waals surface area (Å²) >= 11 is 0. The number of sulfonamides is 2. The molecule has 1 heterocycles. The van der Waals surface area contributed by atoms with Crippen molar-refractivity contribution < 1.29 is 20.7 Å². The summed E-state index contributed by atoms with van der Waals surface area (Å²) < 4.78 is 47.3. The fraction of sp³-hybridized carbons (Fsp3) is 0.875. The van der Waals surface area contributed by atoms with Gasteiger partial charge in [0.2, 0.25) is 10.0 Å². The van der Waals surface area contributed by atoms with Gasteiger partial charge in [0.1, 0.15) is 13.1 Å². The Morgan fingerprint density at radius 1 is 1.18 bits per heavy atom. The fourth-order valence-corrected chi connectivity index (χ4v) is 3.85. The van der Waals surface area contributed by atoms with Crippen LogP contribution in [-0.4, -0.2) is 77.1 Å². The van der Waals surface area contributed by atoms with Crippen LogP contribution < -0.4 is 0 Å². The third-order valence-electron chi connectivity index (χ3n) is 3.04. The third kappa shape index (κ3) is 3.03. The van der Waals surface area contributed by atoms with E-state index in [0.29, 0.717) is 0 Å². The van der Waals surface area contributed by atoms with Crippen LogP contribution in [0.5, 0.6) is 0 Å². The molecule has 17 heavy (non-hydrogen) atoms. The van der Waals surface area contributed by atoms with Crippen LogP contribution >= 0.6 is 0 Å². The molecule has 1 fully saturated rings. The summed E-state index contributed by atoms with van der Waals surface area (Å²) in [6.07, 6.45) is 2.27. The van der Waals surface area contributed by atoms with Crippen molar-refractivity contribution in [3.05, 3.63) is 0 Å². The summed E-state index contributed by atoms with van der Waals surface area (Å²) in [5.41, 5.74) is 0. The Labute approximate surface area is 102 Å². The van der Waals surface area contributed by atoms with E-state index >= 15 is 0 Å². The van der Waals surface area contributed by atoms with Gasteiger partial charge in [-0.1, -0.05) is 0 Å². The Hall–Kier alpha value is -0.510. The molecule has 0 bridgehead atoms. The Kier molecular flexibility index (Phi) is 3.97. The molecule has 0 saturated carbocycles. The lowest BCUT2D eigenvalue weighted by atomic mass is 10.4. The molecule has 9 heteroatoms. The molecular weight excluding hydrogens is 266 g/mol. The van der Waals surface area contributed by atoms with E-state index in [1.165, 1.54) is 4.31 Å². The van der Waals surface area contributed by atoms with E-state index in [1.54, 1.807) is 0 Å². The van der Waals surface area contributed by atoms with Gasteiger partial charge in [-0.3, -0.25) is 0 Å². The number of hydrogen-bond acceptors (Lipinski definition) is 5. The van der Waals surface area contributed by atoms with Gasteiger partial charge in [-0.2, -0.15) is 16.6 Å². The lowest BCUT2D eigenvalue weighted by Crippen LogP contribution is -2.62. The number of nitrogens with zero attached hydrogens (tertiary/aromatic N) is 3. The average Bonchev–Trinajstić information content (AvgIpc) is 2.15. The van der Waals surface area contributed by atoms with E-state index in [2.05, 4.69) is 11.7 Å². The Morgan fingerprint density at radius 2 is 1.65 bits per heavy atom. The van der Waals surface area contributed by atoms with E-state index in [1.807, 2.05) is 0 Å². The van der Waals surface area contributed by atoms with Crippen LogP contribution in [-0.2, 0) is 20.0 Å². The highest BCUT2D eigenvalue weighted by atomic mass is 32.2. The molecule has 1 rings (SSSR count). The molecule has 0 atom stereocenters. The zero-order chi connectivity index (χ0) is 13.3. The molecule has 0 aromatic heterocycles. The van der Waals surface area contributed by atoms with Crippen molar-refractivity contribution in [3.63, 3.8) is 0 Å². The zero-order valence-corrected chi connectivity index (χ0v) is 11.7. The number of aliphatic imine (C=N–C) groups is 1. The molecule has 0 radical (unpaired) electrons. The van der Waals surface area contributed by atoms with Crippen molar-refractivity contribution in [1.82, 2.24) is 4.31 Å². The van der Waals surface area contributed by atoms with Gasteiger partial charge in [-0.05, 0) is 6.72 Å². The summed E-state index contributed by atoms with van der Waals surface area (Å²) in [4.78, 5) is 3.66. The van der Waals surface area contributed by atoms with E-state index < -0.39 is 20.0 Å². The maximum Gasteiger partial charge on any atom is 0.295 e. The van der Waals surface area contributed by atoms with Crippen molar-refractivity contribution in [1.29, 1.82) is 0 Å². The topological polar surface area (TPSA) is 83.9 Å². The molecule has 1 aliphatic rings. The minimum absolute atomic E-state index is 0.0659. The van der Waals surface area contributed by atoms with Crippen LogP contribution in [0.3, 0.4) is 0 Å². The van der Waals surface area contributed by atoms with Gasteiger partial charge < -0.3 is 0 Å². The Morgan fingerprint density at radius 3 is 1.94 bits per heavy atom. The Bertz CT molecular complexity index is 489. The lowest BCUT2D eigenvalue weighted by Gasteiger charge is -2.40. The molecule has 0 aromatic rings. The second-order valence-electron chi connectivity index (χ2n) is 4.27. The van der Waals surface area contributed by atoms with Crippen molar-refractivity contribution in [2.45, 2.75) is 0 Å². The monoisotopic (exact) mass is 284 g/mol. The van der Waals surface area contributed by atoms with Gasteiger partial charge >= 0.3 is 0 Å². The highest BCUT2D eigenvalue weighted by Gasteiger charge is 2.43. The number of rotatable bonds is 4. The van der Waals surface area contributed by atoms with Crippen LogP contribution in [0.25, 0.3) is 0 Å². The lowest BCUT2D eigenvalue weighted by molar-refractivity contribution is -0.809. The van der Waals surface area contributed by atoms with Gasteiger partial charge in [-0.25, -0.2) is 13.4 Å². The normalized spacial score (nSPS) is 22.2. The van der Waals surface area contributed by atoms with Crippen LogP contribution in [0.1, 0.15) is 0 Å². The summed E-state index contributed by atoms with van der Waals surface area (Å²) in [5.74, 6) is 0. The van der Waals surface area contributed by atoms with Crippen LogP contribution in [0, 0.1) is 0 Å². The number of quaternary nitrogens is 1. The summed E-state index contributed by atoms with van der Waals surface area (Å²) in [6, 6.07) is 0. The summed E-state index contributed by atoms with van der Waals surface area (Å²) in [6.45, 7) is 4.20. The van der Waals surface area contributed by atoms with Crippen molar-refractivity contribution in [3.8, 4) is 0 Å². The van der Waals surface area contributed by atoms with Crippen molar-refractivity contribution >= 4 is 26.8 Å². The van der Waals surface area contributed by atoms with E-state index in [9.17, 15) is 16.8 Å². The van der Waals surface area contributed by atoms with Gasteiger partial charge in [0, 0.05) is 0 Å². The maximum absolute atomic E-state index is 11.8. The number of hydrogen-bond donors (Lipinski definition) is 0. The second-order valence-corrected chi connectivity index (χ2v) is 8.49. The third-order valence-corrected chi connectivity index (χ3v) is 6.23. The largest absolute Gasteiger partial charge is 0.295 e. The predicted octanol–water partition coefficient (Wildman–Crippen LogP) is -1.30. The highest BCUT2D eigenvalue weighted by Crippen LogP contribution is 2.19. The van der Waals surface area contributed by atoms with E-state index in [4.69, 9.17) is 0 Å². The summed E-state index contributed by atoms with van der Waals surface area (Å²) in [5, 5.41) is 0. The van der Waals surface area contributed by atoms with Crippen LogP contribution in [0.15, 0.2) is 4.99 Å². The molecule has 100 valence electrons. The fourth-order valence-electron chi connectivity index (χ4n) is 1.90. The standard InChI is InChI=1S/C8H18N3O4S2/c1-9-8-11(17(3,14)15)6-4-10(5-7-11)16(2,12)13/h1,4-8H2,2-3H3/q+1. The first-order chi connectivity index (χ1) is 7.62.